The predicted octanol–water partition coefficient (Wildman–Crippen LogP) is 3.17. The highest BCUT2D eigenvalue weighted by molar-refractivity contribution is 5.94. The Hall–Kier alpha value is -1.92. The van der Waals surface area contributed by atoms with Crippen LogP contribution in [0.1, 0.15) is 54.9 Å². The Balaban J connectivity index is 0.00000243. The first-order valence-electron chi connectivity index (χ1n) is 8.93. The molecule has 0 atom stereocenters. The van der Waals surface area contributed by atoms with Crippen LogP contribution >= 0.6 is 12.4 Å². The number of benzene rings is 1. The van der Waals surface area contributed by atoms with Crippen LogP contribution in [0, 0.1) is 5.82 Å². The van der Waals surface area contributed by atoms with Gasteiger partial charge in [-0.05, 0) is 44.2 Å². The molecule has 7 heteroatoms. The van der Waals surface area contributed by atoms with E-state index in [0.717, 1.165) is 43.4 Å². The summed E-state index contributed by atoms with van der Waals surface area (Å²) in [5.74, 6) is -0.563. The number of nitrogens with one attached hydrogen (secondary N) is 1. The van der Waals surface area contributed by atoms with Crippen LogP contribution in [0.4, 0.5) is 4.39 Å². The minimum atomic E-state index is -0.426. The minimum Gasteiger partial charge on any atom is -0.344 e. The van der Waals surface area contributed by atoms with Gasteiger partial charge in [0, 0.05) is 17.8 Å². The third-order valence-corrected chi connectivity index (χ3v) is 5.35. The van der Waals surface area contributed by atoms with Gasteiger partial charge in [-0.1, -0.05) is 26.0 Å². The zero-order chi connectivity index (χ0) is 18.0. The average Bonchev–Trinajstić information content (AvgIpc) is 3.23. The maximum absolute atomic E-state index is 14.2. The van der Waals surface area contributed by atoms with E-state index in [1.165, 1.54) is 6.07 Å². The molecule has 0 radical (unpaired) electrons. The number of amides is 1. The second kappa shape index (κ2) is 8.18. The lowest BCUT2D eigenvalue weighted by Gasteiger charge is -2.31. The number of aromatic nitrogens is 2. The summed E-state index contributed by atoms with van der Waals surface area (Å²) in [6.07, 6.45) is 4.05. The van der Waals surface area contributed by atoms with E-state index >= 15 is 0 Å². The number of carbonyl (C=O) groups excluding carboxylic acids is 1. The topological polar surface area (TPSA) is 72.9 Å². The monoisotopic (exact) mass is 380 g/mol. The molecular weight excluding hydrogens is 355 g/mol. The van der Waals surface area contributed by atoms with Crippen molar-refractivity contribution < 1.29 is 9.18 Å². The van der Waals surface area contributed by atoms with Gasteiger partial charge in [-0.15, -0.1) is 12.4 Å². The van der Waals surface area contributed by atoms with Crippen molar-refractivity contribution in [2.75, 3.05) is 6.54 Å². The van der Waals surface area contributed by atoms with E-state index in [-0.39, 0.29) is 24.1 Å². The van der Waals surface area contributed by atoms with Crippen molar-refractivity contribution in [2.24, 2.45) is 5.73 Å². The van der Waals surface area contributed by atoms with E-state index in [1.54, 1.807) is 22.9 Å². The summed E-state index contributed by atoms with van der Waals surface area (Å²) in [6, 6.07) is 6.51. The number of hydrogen-bond donors (Lipinski definition) is 2. The molecule has 0 unspecified atom stereocenters. The molecule has 1 aromatic carbocycles. The van der Waals surface area contributed by atoms with Gasteiger partial charge in [-0.3, -0.25) is 4.79 Å². The smallest absolute Gasteiger partial charge is 0.272 e. The highest BCUT2D eigenvalue weighted by Gasteiger charge is 2.32. The molecule has 0 fully saturated rings. The molecule has 0 aliphatic heterocycles. The first-order chi connectivity index (χ1) is 12.0. The third-order valence-electron chi connectivity index (χ3n) is 5.35. The lowest BCUT2D eigenvalue weighted by atomic mass is 9.92. The molecule has 1 amide bonds. The molecule has 2 aromatic rings. The third kappa shape index (κ3) is 3.48. The van der Waals surface area contributed by atoms with Crippen molar-refractivity contribution in [2.45, 2.75) is 51.5 Å². The Morgan fingerprint density at radius 3 is 2.62 bits per heavy atom. The first-order valence-corrected chi connectivity index (χ1v) is 8.93. The number of hydrogen-bond acceptors (Lipinski definition) is 3. The van der Waals surface area contributed by atoms with Gasteiger partial charge in [0.15, 0.2) is 5.69 Å². The summed E-state index contributed by atoms with van der Waals surface area (Å²) in [4.78, 5) is 12.9. The fourth-order valence-corrected chi connectivity index (χ4v) is 3.51. The van der Waals surface area contributed by atoms with Gasteiger partial charge in [-0.2, -0.15) is 5.10 Å². The minimum absolute atomic E-state index is 0. The highest BCUT2D eigenvalue weighted by atomic mass is 35.5. The molecule has 0 spiro atoms. The van der Waals surface area contributed by atoms with Crippen molar-refractivity contribution in [1.29, 1.82) is 0 Å². The van der Waals surface area contributed by atoms with Crippen LogP contribution in [0.5, 0.6) is 0 Å². The fourth-order valence-electron chi connectivity index (χ4n) is 3.51. The number of nitrogens with zero attached hydrogens (tertiary/aromatic N) is 2. The molecule has 0 bridgehead atoms. The van der Waals surface area contributed by atoms with E-state index in [0.29, 0.717) is 17.9 Å². The molecule has 1 aliphatic rings. The number of para-hydroxylation sites is 1. The highest BCUT2D eigenvalue weighted by Crippen LogP contribution is 2.29. The van der Waals surface area contributed by atoms with Gasteiger partial charge in [-0.25, -0.2) is 9.07 Å². The lowest BCUT2D eigenvalue weighted by molar-refractivity contribution is 0.0888. The first kappa shape index (κ1) is 20.4. The zero-order valence-electron chi connectivity index (χ0n) is 15.2. The lowest BCUT2D eigenvalue weighted by Crippen LogP contribution is -2.53. The summed E-state index contributed by atoms with van der Waals surface area (Å²) in [6.45, 7) is 4.40. The van der Waals surface area contributed by atoms with Crippen LogP contribution in [0.25, 0.3) is 5.69 Å². The van der Waals surface area contributed by atoms with E-state index in [1.807, 2.05) is 13.8 Å². The summed E-state index contributed by atoms with van der Waals surface area (Å²) < 4.78 is 15.8. The second-order valence-electron chi connectivity index (χ2n) is 6.64. The Morgan fingerprint density at radius 2 is 2.00 bits per heavy atom. The standard InChI is InChI=1S/C19H25FN4O.ClH/c1-3-19(4-2,12-21)22-18(25)17-13-8-7-11-15(13)24(23-17)16-10-6-5-9-14(16)20;/h5-6,9-10H,3-4,7-8,11-12,21H2,1-2H3,(H,22,25);1H. The summed E-state index contributed by atoms with van der Waals surface area (Å²) in [5.41, 5.74) is 8.11. The van der Waals surface area contributed by atoms with E-state index in [2.05, 4.69) is 10.4 Å². The summed E-state index contributed by atoms with van der Waals surface area (Å²) in [5, 5.41) is 7.55. The van der Waals surface area contributed by atoms with Gasteiger partial charge >= 0.3 is 0 Å². The van der Waals surface area contributed by atoms with Crippen molar-refractivity contribution in [3.63, 3.8) is 0 Å². The second-order valence-corrected chi connectivity index (χ2v) is 6.64. The number of halogens is 2. The van der Waals surface area contributed by atoms with Crippen molar-refractivity contribution in [3.05, 3.63) is 47.0 Å². The molecule has 26 heavy (non-hydrogen) atoms. The van der Waals surface area contributed by atoms with Crippen molar-refractivity contribution in [1.82, 2.24) is 15.1 Å². The Bertz CT molecular complexity index is 778. The van der Waals surface area contributed by atoms with Gasteiger partial charge in [0.25, 0.3) is 5.91 Å². The maximum Gasteiger partial charge on any atom is 0.272 e. The van der Waals surface area contributed by atoms with Crippen LogP contribution in [0.3, 0.4) is 0 Å². The Kier molecular flexibility index (Phi) is 6.42. The predicted molar refractivity (Wildman–Crippen MR) is 103 cm³/mol. The largest absolute Gasteiger partial charge is 0.344 e. The fraction of sp³-hybridized carbons (Fsp3) is 0.474. The van der Waals surface area contributed by atoms with E-state index in [9.17, 15) is 9.18 Å². The number of fused-ring (bicyclic) bond motifs is 1. The zero-order valence-corrected chi connectivity index (χ0v) is 16.0. The molecule has 5 nitrogen and oxygen atoms in total. The summed E-state index contributed by atoms with van der Waals surface area (Å²) in [7, 11) is 0. The molecule has 1 aliphatic carbocycles. The van der Waals surface area contributed by atoms with Crippen molar-refractivity contribution >= 4 is 18.3 Å². The molecule has 3 N–H and O–H groups in total. The van der Waals surface area contributed by atoms with Crippen LogP contribution in [0.2, 0.25) is 0 Å². The number of carbonyl (C=O) groups is 1. The van der Waals surface area contributed by atoms with Crippen molar-refractivity contribution in [3.8, 4) is 5.69 Å². The quantitative estimate of drug-likeness (QED) is 0.808. The molecule has 0 saturated carbocycles. The molecular formula is C19H26ClFN4O. The Morgan fingerprint density at radius 1 is 1.31 bits per heavy atom. The Labute approximate surface area is 159 Å². The maximum atomic E-state index is 14.2. The molecule has 1 aromatic heterocycles. The van der Waals surface area contributed by atoms with E-state index in [4.69, 9.17) is 5.73 Å². The van der Waals surface area contributed by atoms with Gasteiger partial charge < -0.3 is 11.1 Å². The summed E-state index contributed by atoms with van der Waals surface area (Å²) >= 11 is 0. The van der Waals surface area contributed by atoms with Gasteiger partial charge in [0.1, 0.15) is 11.5 Å². The molecule has 142 valence electrons. The van der Waals surface area contributed by atoms with Gasteiger partial charge in [0.2, 0.25) is 0 Å². The van der Waals surface area contributed by atoms with Crippen LogP contribution in [-0.4, -0.2) is 27.8 Å². The van der Waals surface area contributed by atoms with Crippen LogP contribution < -0.4 is 11.1 Å². The molecule has 1 heterocycles. The number of rotatable bonds is 6. The molecule has 3 rings (SSSR count). The average molecular weight is 381 g/mol. The van der Waals surface area contributed by atoms with Crippen LogP contribution in [-0.2, 0) is 12.8 Å². The normalized spacial score (nSPS) is 13.2. The van der Waals surface area contributed by atoms with E-state index < -0.39 is 5.54 Å². The molecule has 0 saturated heterocycles. The van der Waals surface area contributed by atoms with Crippen LogP contribution in [0.15, 0.2) is 24.3 Å². The van der Waals surface area contributed by atoms with Gasteiger partial charge in [0.05, 0.1) is 5.54 Å². The SMILES string of the molecule is CCC(CC)(CN)NC(=O)c1nn(-c2ccccc2F)c2c1CCC2.Cl. The number of nitrogens with two attached hydrogens (primary N) is 1.